The van der Waals surface area contributed by atoms with Crippen molar-refractivity contribution in [3.63, 3.8) is 0 Å². The summed E-state index contributed by atoms with van der Waals surface area (Å²) in [5, 5.41) is 4.30. The van der Waals surface area contributed by atoms with Crippen molar-refractivity contribution in [1.29, 1.82) is 0 Å². The summed E-state index contributed by atoms with van der Waals surface area (Å²) in [5.74, 6) is 0. The SMILES string of the molecule is Cc1cc(Br)c(NCc2ncc(Cl)s2)c(Br)c1. The Kier molecular flexibility index (Phi) is 4.47. The number of nitrogens with one attached hydrogen (secondary N) is 1. The van der Waals surface area contributed by atoms with Crippen LogP contribution < -0.4 is 5.32 Å². The molecular weight excluding hydrogens is 387 g/mol. The molecule has 0 fully saturated rings. The molecule has 2 rings (SSSR count). The molecule has 0 spiro atoms. The zero-order chi connectivity index (χ0) is 12.4. The van der Waals surface area contributed by atoms with Gasteiger partial charge < -0.3 is 5.32 Å². The quantitative estimate of drug-likeness (QED) is 0.767. The Morgan fingerprint density at radius 2 is 2.00 bits per heavy atom. The first-order valence-corrected chi connectivity index (χ1v) is 7.64. The second-order valence-electron chi connectivity index (χ2n) is 3.52. The summed E-state index contributed by atoms with van der Waals surface area (Å²) in [5.41, 5.74) is 2.23. The third-order valence-corrected chi connectivity index (χ3v) is 4.49. The van der Waals surface area contributed by atoms with Gasteiger partial charge in [-0.15, -0.1) is 11.3 Å². The molecule has 17 heavy (non-hydrogen) atoms. The van der Waals surface area contributed by atoms with Crippen LogP contribution in [0.5, 0.6) is 0 Å². The van der Waals surface area contributed by atoms with Crippen LogP contribution in [0.1, 0.15) is 10.6 Å². The van der Waals surface area contributed by atoms with E-state index in [-0.39, 0.29) is 0 Å². The molecule has 90 valence electrons. The van der Waals surface area contributed by atoms with E-state index in [9.17, 15) is 0 Å². The van der Waals surface area contributed by atoms with E-state index in [0.29, 0.717) is 10.9 Å². The van der Waals surface area contributed by atoms with E-state index in [0.717, 1.165) is 19.6 Å². The van der Waals surface area contributed by atoms with E-state index in [1.165, 1.54) is 16.9 Å². The molecule has 0 amide bonds. The van der Waals surface area contributed by atoms with Crippen LogP contribution in [0.2, 0.25) is 4.34 Å². The predicted molar refractivity (Wildman–Crippen MR) is 81.0 cm³/mol. The number of anilines is 1. The highest BCUT2D eigenvalue weighted by molar-refractivity contribution is 9.11. The maximum Gasteiger partial charge on any atom is 0.113 e. The third-order valence-electron chi connectivity index (χ3n) is 2.13. The average molecular weight is 397 g/mol. The van der Waals surface area contributed by atoms with Gasteiger partial charge in [-0.2, -0.15) is 0 Å². The van der Waals surface area contributed by atoms with Crippen molar-refractivity contribution < 1.29 is 0 Å². The summed E-state index contributed by atoms with van der Waals surface area (Å²) in [7, 11) is 0. The van der Waals surface area contributed by atoms with Crippen molar-refractivity contribution in [2.24, 2.45) is 0 Å². The van der Waals surface area contributed by atoms with Crippen LogP contribution in [0.25, 0.3) is 0 Å². The molecule has 0 saturated carbocycles. The minimum Gasteiger partial charge on any atom is -0.377 e. The van der Waals surface area contributed by atoms with Crippen molar-refractivity contribution in [2.75, 3.05) is 5.32 Å². The largest absolute Gasteiger partial charge is 0.377 e. The molecule has 2 nitrogen and oxygen atoms in total. The van der Waals surface area contributed by atoms with Gasteiger partial charge in [-0.3, -0.25) is 0 Å². The zero-order valence-electron chi connectivity index (χ0n) is 8.93. The first-order chi connectivity index (χ1) is 8.06. The normalized spacial score (nSPS) is 10.6. The van der Waals surface area contributed by atoms with Gasteiger partial charge in [0.15, 0.2) is 0 Å². The number of halogens is 3. The van der Waals surface area contributed by atoms with E-state index in [4.69, 9.17) is 11.6 Å². The van der Waals surface area contributed by atoms with E-state index in [2.05, 4.69) is 61.2 Å². The molecule has 0 unspecified atom stereocenters. The van der Waals surface area contributed by atoms with E-state index in [1.807, 2.05) is 0 Å². The van der Waals surface area contributed by atoms with Gasteiger partial charge in [0.25, 0.3) is 0 Å². The van der Waals surface area contributed by atoms with Gasteiger partial charge in [0.1, 0.15) is 9.34 Å². The molecule has 0 aliphatic rings. The molecule has 0 aliphatic carbocycles. The smallest absolute Gasteiger partial charge is 0.113 e. The lowest BCUT2D eigenvalue weighted by Gasteiger charge is -2.10. The van der Waals surface area contributed by atoms with Gasteiger partial charge >= 0.3 is 0 Å². The molecule has 0 aliphatic heterocycles. The van der Waals surface area contributed by atoms with Gasteiger partial charge in [0, 0.05) is 8.95 Å². The van der Waals surface area contributed by atoms with E-state index in [1.54, 1.807) is 6.20 Å². The number of nitrogens with zero attached hydrogens (tertiary/aromatic N) is 1. The Morgan fingerprint density at radius 1 is 1.35 bits per heavy atom. The maximum absolute atomic E-state index is 5.84. The monoisotopic (exact) mass is 394 g/mol. The Labute approximate surface area is 126 Å². The Hall–Kier alpha value is -0.100. The fourth-order valence-corrected chi connectivity index (χ4v) is 3.99. The number of benzene rings is 1. The topological polar surface area (TPSA) is 24.9 Å². The molecule has 6 heteroatoms. The van der Waals surface area contributed by atoms with Gasteiger partial charge in [0.05, 0.1) is 18.4 Å². The lowest BCUT2D eigenvalue weighted by Crippen LogP contribution is -2.00. The number of hydrogen-bond acceptors (Lipinski definition) is 3. The van der Waals surface area contributed by atoms with Crippen molar-refractivity contribution in [3.8, 4) is 0 Å². The fourth-order valence-electron chi connectivity index (χ4n) is 1.40. The molecule has 2 aromatic rings. The number of aryl methyl sites for hydroxylation is 1. The highest BCUT2D eigenvalue weighted by Crippen LogP contribution is 2.33. The molecule has 1 aromatic heterocycles. The van der Waals surface area contributed by atoms with Crippen LogP contribution >= 0.6 is 54.8 Å². The van der Waals surface area contributed by atoms with Crippen LogP contribution in [-0.4, -0.2) is 4.98 Å². The Bertz CT molecular complexity index is 519. The molecule has 1 heterocycles. The highest BCUT2D eigenvalue weighted by Gasteiger charge is 2.07. The lowest BCUT2D eigenvalue weighted by atomic mass is 10.2. The molecule has 0 bridgehead atoms. The van der Waals surface area contributed by atoms with Crippen molar-refractivity contribution in [1.82, 2.24) is 4.98 Å². The Morgan fingerprint density at radius 3 is 2.53 bits per heavy atom. The summed E-state index contributed by atoms with van der Waals surface area (Å²) in [6.07, 6.45) is 1.67. The number of hydrogen-bond donors (Lipinski definition) is 1. The molecule has 0 radical (unpaired) electrons. The van der Waals surface area contributed by atoms with Gasteiger partial charge in [-0.25, -0.2) is 4.98 Å². The summed E-state index contributed by atoms with van der Waals surface area (Å²) in [6, 6.07) is 4.14. The van der Waals surface area contributed by atoms with Crippen LogP contribution in [0.3, 0.4) is 0 Å². The Balaban J connectivity index is 2.14. The van der Waals surface area contributed by atoms with Gasteiger partial charge in [-0.05, 0) is 56.5 Å². The summed E-state index contributed by atoms with van der Waals surface area (Å²) in [4.78, 5) is 4.20. The summed E-state index contributed by atoms with van der Waals surface area (Å²) >= 11 is 14.4. The van der Waals surface area contributed by atoms with Crippen molar-refractivity contribution >= 4 is 60.5 Å². The fraction of sp³-hybridized carbons (Fsp3) is 0.182. The first-order valence-electron chi connectivity index (χ1n) is 4.86. The molecule has 1 N–H and O–H groups in total. The van der Waals surface area contributed by atoms with Crippen LogP contribution in [0.4, 0.5) is 5.69 Å². The minimum atomic E-state index is 0.664. The second kappa shape index (κ2) is 5.69. The van der Waals surface area contributed by atoms with Gasteiger partial charge in [-0.1, -0.05) is 11.6 Å². The molecular formula is C11H9Br2ClN2S. The van der Waals surface area contributed by atoms with Crippen molar-refractivity contribution in [2.45, 2.75) is 13.5 Å². The molecule has 1 aromatic carbocycles. The van der Waals surface area contributed by atoms with Crippen LogP contribution in [0.15, 0.2) is 27.3 Å². The van der Waals surface area contributed by atoms with Crippen LogP contribution in [-0.2, 0) is 6.54 Å². The lowest BCUT2D eigenvalue weighted by molar-refractivity contribution is 1.10. The average Bonchev–Trinajstić information content (AvgIpc) is 2.62. The number of thiazole rings is 1. The standard InChI is InChI=1S/C11H9Br2ClN2S/c1-6-2-7(12)11(8(13)3-6)16-5-10-15-4-9(14)17-10/h2-4,16H,5H2,1H3. The zero-order valence-corrected chi connectivity index (χ0v) is 13.7. The minimum absolute atomic E-state index is 0.664. The van der Waals surface area contributed by atoms with Crippen molar-refractivity contribution in [3.05, 3.63) is 42.2 Å². The maximum atomic E-state index is 5.84. The predicted octanol–water partition coefficient (Wildman–Crippen LogP) is 5.24. The highest BCUT2D eigenvalue weighted by atomic mass is 79.9. The third kappa shape index (κ3) is 3.44. The first kappa shape index (κ1) is 13.3. The number of rotatable bonds is 3. The van der Waals surface area contributed by atoms with Crippen LogP contribution in [0, 0.1) is 6.92 Å². The second-order valence-corrected chi connectivity index (χ2v) is 6.97. The molecule has 0 atom stereocenters. The van der Waals surface area contributed by atoms with E-state index >= 15 is 0 Å². The number of aromatic nitrogens is 1. The van der Waals surface area contributed by atoms with Gasteiger partial charge in [0.2, 0.25) is 0 Å². The summed E-state index contributed by atoms with van der Waals surface area (Å²) in [6.45, 7) is 2.72. The van der Waals surface area contributed by atoms with E-state index < -0.39 is 0 Å². The summed E-state index contributed by atoms with van der Waals surface area (Å²) < 4.78 is 2.78. The molecule has 0 saturated heterocycles.